The van der Waals surface area contributed by atoms with Gasteiger partial charge in [0.15, 0.2) is 0 Å². The maximum absolute atomic E-state index is 12.0. The lowest BCUT2D eigenvalue weighted by atomic mass is 10.1. The second kappa shape index (κ2) is 6.28. The predicted molar refractivity (Wildman–Crippen MR) is 72.6 cm³/mol. The minimum Gasteiger partial charge on any atom is -0.385 e. The largest absolute Gasteiger partial charge is 0.385 e. The second-order valence-electron chi connectivity index (χ2n) is 4.28. The molecule has 0 aliphatic rings. The summed E-state index contributed by atoms with van der Waals surface area (Å²) in [5.74, 6) is 0.0899. The highest BCUT2D eigenvalue weighted by atomic mass is 16.2. The van der Waals surface area contributed by atoms with E-state index in [-0.39, 0.29) is 5.91 Å². The van der Waals surface area contributed by atoms with E-state index in [0.717, 1.165) is 36.3 Å². The molecule has 0 aliphatic heterocycles. The fourth-order valence-electron chi connectivity index (χ4n) is 1.63. The van der Waals surface area contributed by atoms with E-state index in [1.54, 1.807) is 4.90 Å². The normalized spacial score (nSPS) is 10.1. The van der Waals surface area contributed by atoms with Crippen LogP contribution in [0.25, 0.3) is 0 Å². The smallest absolute Gasteiger partial charge is 0.253 e. The van der Waals surface area contributed by atoms with Crippen LogP contribution in [0.5, 0.6) is 0 Å². The highest BCUT2D eigenvalue weighted by Crippen LogP contribution is 2.16. The zero-order chi connectivity index (χ0) is 12.8. The van der Waals surface area contributed by atoms with E-state index in [1.807, 2.05) is 39.1 Å². The molecular weight excluding hydrogens is 212 g/mol. The van der Waals surface area contributed by atoms with Gasteiger partial charge in [0.25, 0.3) is 5.91 Å². The molecule has 0 spiro atoms. The lowest BCUT2D eigenvalue weighted by Gasteiger charge is -2.16. The van der Waals surface area contributed by atoms with Crippen LogP contribution in [0.3, 0.4) is 0 Å². The van der Waals surface area contributed by atoms with Gasteiger partial charge in [-0.3, -0.25) is 4.79 Å². The number of nitrogens with one attached hydrogen (secondary N) is 1. The van der Waals surface area contributed by atoms with Gasteiger partial charge in [0.2, 0.25) is 0 Å². The number of hydrogen-bond acceptors (Lipinski definition) is 2. The first kappa shape index (κ1) is 13.6. The van der Waals surface area contributed by atoms with Crippen LogP contribution in [0.15, 0.2) is 18.2 Å². The van der Waals surface area contributed by atoms with Crippen molar-refractivity contribution in [2.75, 3.05) is 25.5 Å². The van der Waals surface area contributed by atoms with Crippen molar-refractivity contribution in [1.82, 2.24) is 4.90 Å². The molecule has 3 heteroatoms. The molecule has 0 saturated carbocycles. The topological polar surface area (TPSA) is 32.3 Å². The van der Waals surface area contributed by atoms with Crippen LogP contribution in [0.2, 0.25) is 0 Å². The number of anilines is 1. The molecule has 0 saturated heterocycles. The van der Waals surface area contributed by atoms with Crippen molar-refractivity contribution in [3.05, 3.63) is 29.3 Å². The molecule has 1 N–H and O–H groups in total. The molecule has 0 bridgehead atoms. The number of amides is 1. The summed E-state index contributed by atoms with van der Waals surface area (Å²) in [5, 5.41) is 3.32. The first-order valence-electron chi connectivity index (χ1n) is 6.20. The highest BCUT2D eigenvalue weighted by molar-refractivity contribution is 5.95. The predicted octanol–water partition coefficient (Wildman–Crippen LogP) is 2.91. The van der Waals surface area contributed by atoms with Crippen LogP contribution in [0.4, 0.5) is 5.69 Å². The Bertz CT molecular complexity index is 388. The minimum absolute atomic E-state index is 0.0899. The molecule has 0 atom stereocenters. The number of carbonyl (C=O) groups is 1. The van der Waals surface area contributed by atoms with E-state index in [9.17, 15) is 4.79 Å². The van der Waals surface area contributed by atoms with Gasteiger partial charge in [-0.1, -0.05) is 6.92 Å². The van der Waals surface area contributed by atoms with Crippen molar-refractivity contribution in [2.24, 2.45) is 0 Å². The van der Waals surface area contributed by atoms with Crippen molar-refractivity contribution in [3.63, 3.8) is 0 Å². The maximum atomic E-state index is 12.0. The SMILES string of the molecule is CCCNc1ccc(C(=O)N(C)CC)c(C)c1. The Hall–Kier alpha value is -1.51. The lowest BCUT2D eigenvalue weighted by molar-refractivity contribution is 0.0802. The molecule has 1 amide bonds. The van der Waals surface area contributed by atoms with Gasteiger partial charge in [-0.15, -0.1) is 0 Å². The molecule has 0 aromatic heterocycles. The van der Waals surface area contributed by atoms with Gasteiger partial charge in [-0.05, 0) is 44.0 Å². The fourth-order valence-corrected chi connectivity index (χ4v) is 1.63. The molecule has 0 heterocycles. The van der Waals surface area contributed by atoms with E-state index < -0.39 is 0 Å². The molecule has 1 aromatic carbocycles. The quantitative estimate of drug-likeness (QED) is 0.849. The Balaban J connectivity index is 2.86. The van der Waals surface area contributed by atoms with E-state index in [0.29, 0.717) is 0 Å². The molecular formula is C14H22N2O. The number of nitrogens with zero attached hydrogens (tertiary/aromatic N) is 1. The molecule has 0 aliphatic carbocycles. The monoisotopic (exact) mass is 234 g/mol. The fraction of sp³-hybridized carbons (Fsp3) is 0.500. The van der Waals surface area contributed by atoms with E-state index >= 15 is 0 Å². The van der Waals surface area contributed by atoms with Gasteiger partial charge in [-0.25, -0.2) is 0 Å². The Morgan fingerprint density at radius 1 is 1.35 bits per heavy atom. The summed E-state index contributed by atoms with van der Waals surface area (Å²) in [7, 11) is 1.82. The molecule has 94 valence electrons. The summed E-state index contributed by atoms with van der Waals surface area (Å²) in [5.41, 5.74) is 2.90. The average molecular weight is 234 g/mol. The van der Waals surface area contributed by atoms with Crippen LogP contribution in [0.1, 0.15) is 36.2 Å². The first-order chi connectivity index (χ1) is 8.10. The molecule has 1 aromatic rings. The van der Waals surface area contributed by atoms with Gasteiger partial charge >= 0.3 is 0 Å². The highest BCUT2D eigenvalue weighted by Gasteiger charge is 2.12. The zero-order valence-corrected chi connectivity index (χ0v) is 11.2. The summed E-state index contributed by atoms with van der Waals surface area (Å²) in [4.78, 5) is 13.8. The Morgan fingerprint density at radius 3 is 2.59 bits per heavy atom. The molecule has 0 radical (unpaired) electrons. The Morgan fingerprint density at radius 2 is 2.06 bits per heavy atom. The van der Waals surface area contributed by atoms with Crippen molar-refractivity contribution >= 4 is 11.6 Å². The van der Waals surface area contributed by atoms with Gasteiger partial charge in [0.05, 0.1) is 0 Å². The van der Waals surface area contributed by atoms with Gasteiger partial charge in [-0.2, -0.15) is 0 Å². The number of benzene rings is 1. The number of hydrogen-bond donors (Lipinski definition) is 1. The lowest BCUT2D eigenvalue weighted by Crippen LogP contribution is -2.26. The number of carbonyl (C=O) groups excluding carboxylic acids is 1. The number of rotatable bonds is 5. The maximum Gasteiger partial charge on any atom is 0.253 e. The van der Waals surface area contributed by atoms with Crippen LogP contribution in [-0.4, -0.2) is 30.9 Å². The first-order valence-corrected chi connectivity index (χ1v) is 6.20. The van der Waals surface area contributed by atoms with Crippen molar-refractivity contribution in [2.45, 2.75) is 27.2 Å². The van der Waals surface area contributed by atoms with Crippen molar-refractivity contribution in [1.29, 1.82) is 0 Å². The molecule has 3 nitrogen and oxygen atoms in total. The summed E-state index contributed by atoms with van der Waals surface area (Å²) in [6, 6.07) is 5.91. The van der Waals surface area contributed by atoms with Crippen LogP contribution < -0.4 is 5.32 Å². The molecule has 1 rings (SSSR count). The van der Waals surface area contributed by atoms with Crippen LogP contribution in [-0.2, 0) is 0 Å². The second-order valence-corrected chi connectivity index (χ2v) is 4.28. The summed E-state index contributed by atoms with van der Waals surface area (Å²) < 4.78 is 0. The zero-order valence-electron chi connectivity index (χ0n) is 11.2. The number of aryl methyl sites for hydroxylation is 1. The summed E-state index contributed by atoms with van der Waals surface area (Å²) >= 11 is 0. The Kier molecular flexibility index (Phi) is 5.01. The molecule has 17 heavy (non-hydrogen) atoms. The molecule has 0 fully saturated rings. The third-order valence-electron chi connectivity index (χ3n) is 2.86. The van der Waals surface area contributed by atoms with Crippen molar-refractivity contribution in [3.8, 4) is 0 Å². The van der Waals surface area contributed by atoms with Crippen LogP contribution >= 0.6 is 0 Å². The van der Waals surface area contributed by atoms with Gasteiger partial charge in [0.1, 0.15) is 0 Å². The molecule has 0 unspecified atom stereocenters. The minimum atomic E-state index is 0.0899. The van der Waals surface area contributed by atoms with Crippen molar-refractivity contribution < 1.29 is 4.79 Å². The third kappa shape index (κ3) is 3.48. The standard InChI is InChI=1S/C14H22N2O/c1-5-9-15-12-7-8-13(11(3)10-12)14(17)16(4)6-2/h7-8,10,15H,5-6,9H2,1-4H3. The van der Waals surface area contributed by atoms with Gasteiger partial charge in [0, 0.05) is 31.4 Å². The third-order valence-corrected chi connectivity index (χ3v) is 2.86. The van der Waals surface area contributed by atoms with Gasteiger partial charge < -0.3 is 10.2 Å². The van der Waals surface area contributed by atoms with Crippen LogP contribution in [0, 0.1) is 6.92 Å². The van der Waals surface area contributed by atoms with E-state index in [2.05, 4.69) is 12.2 Å². The van der Waals surface area contributed by atoms with E-state index in [1.165, 1.54) is 0 Å². The summed E-state index contributed by atoms with van der Waals surface area (Å²) in [6.45, 7) is 7.78. The van der Waals surface area contributed by atoms with E-state index in [4.69, 9.17) is 0 Å². The average Bonchev–Trinajstić information content (AvgIpc) is 2.34. The summed E-state index contributed by atoms with van der Waals surface area (Å²) in [6.07, 6.45) is 1.10. The Labute approximate surface area is 104 Å².